The molecule has 2 aliphatic carbocycles. The van der Waals surface area contributed by atoms with Gasteiger partial charge in [-0.25, -0.2) is 0 Å². The predicted molar refractivity (Wildman–Crippen MR) is 84.8 cm³/mol. The van der Waals surface area contributed by atoms with Crippen molar-refractivity contribution >= 4 is 0 Å². The molecule has 0 unspecified atom stereocenters. The number of piperazine rings is 1. The summed E-state index contributed by atoms with van der Waals surface area (Å²) in [4.78, 5) is 5.32. The summed E-state index contributed by atoms with van der Waals surface area (Å²) in [5.74, 6) is 0. The van der Waals surface area contributed by atoms with Crippen LogP contribution in [0.15, 0.2) is 0 Å². The van der Waals surface area contributed by atoms with Gasteiger partial charge in [-0.15, -0.1) is 0 Å². The minimum atomic E-state index is 0.341. The van der Waals surface area contributed by atoms with Crippen molar-refractivity contribution in [3.63, 3.8) is 0 Å². The highest BCUT2D eigenvalue weighted by atomic mass is 15.3. The lowest BCUT2D eigenvalue weighted by molar-refractivity contribution is -0.0139. The van der Waals surface area contributed by atoms with E-state index in [1.165, 1.54) is 84.1 Å². The normalized spacial score (nSPS) is 30.9. The SMILES string of the molecule is CCN1CCN(C2(CN)CCC3(CCCC3)CC2)CC1. The molecule has 1 spiro atoms. The van der Waals surface area contributed by atoms with Gasteiger partial charge in [0.15, 0.2) is 0 Å². The molecule has 3 heteroatoms. The van der Waals surface area contributed by atoms with Gasteiger partial charge in [0.1, 0.15) is 0 Å². The third-order valence-corrected chi connectivity index (χ3v) is 6.78. The van der Waals surface area contributed by atoms with Crippen molar-refractivity contribution in [2.75, 3.05) is 39.3 Å². The fraction of sp³-hybridized carbons (Fsp3) is 1.00. The Morgan fingerprint density at radius 2 is 1.45 bits per heavy atom. The van der Waals surface area contributed by atoms with E-state index < -0.39 is 0 Å². The Balaban J connectivity index is 1.61. The summed E-state index contributed by atoms with van der Waals surface area (Å²) < 4.78 is 0. The molecule has 0 aromatic rings. The van der Waals surface area contributed by atoms with E-state index in [2.05, 4.69) is 16.7 Å². The third-order valence-electron chi connectivity index (χ3n) is 6.78. The van der Waals surface area contributed by atoms with E-state index in [1.54, 1.807) is 0 Å². The van der Waals surface area contributed by atoms with Crippen LogP contribution in [0.2, 0.25) is 0 Å². The van der Waals surface area contributed by atoms with Crippen LogP contribution >= 0.6 is 0 Å². The Morgan fingerprint density at radius 1 is 0.850 bits per heavy atom. The highest BCUT2D eigenvalue weighted by molar-refractivity contribution is 5.02. The van der Waals surface area contributed by atoms with Crippen molar-refractivity contribution < 1.29 is 0 Å². The lowest BCUT2D eigenvalue weighted by Crippen LogP contribution is -2.61. The van der Waals surface area contributed by atoms with Crippen LogP contribution in [0.1, 0.15) is 58.3 Å². The molecule has 1 aliphatic heterocycles. The average Bonchev–Trinajstić information content (AvgIpc) is 2.97. The second kappa shape index (κ2) is 5.94. The van der Waals surface area contributed by atoms with Gasteiger partial charge in [0.05, 0.1) is 0 Å². The van der Waals surface area contributed by atoms with Crippen molar-refractivity contribution in [3.05, 3.63) is 0 Å². The molecule has 1 heterocycles. The molecule has 0 aromatic carbocycles. The van der Waals surface area contributed by atoms with E-state index in [1.807, 2.05) is 0 Å². The summed E-state index contributed by atoms with van der Waals surface area (Å²) in [7, 11) is 0. The monoisotopic (exact) mass is 279 g/mol. The molecule has 0 aromatic heterocycles. The van der Waals surface area contributed by atoms with Crippen LogP contribution in [0.3, 0.4) is 0 Å². The Morgan fingerprint density at radius 3 is 1.95 bits per heavy atom. The van der Waals surface area contributed by atoms with Crippen LogP contribution in [0.4, 0.5) is 0 Å². The number of nitrogens with zero attached hydrogens (tertiary/aromatic N) is 2. The first kappa shape index (κ1) is 14.8. The van der Waals surface area contributed by atoms with E-state index in [-0.39, 0.29) is 0 Å². The van der Waals surface area contributed by atoms with Gasteiger partial charge < -0.3 is 10.6 Å². The number of nitrogens with two attached hydrogens (primary N) is 1. The van der Waals surface area contributed by atoms with Gasteiger partial charge in [0.2, 0.25) is 0 Å². The van der Waals surface area contributed by atoms with Gasteiger partial charge in [-0.1, -0.05) is 19.8 Å². The van der Waals surface area contributed by atoms with Gasteiger partial charge in [-0.05, 0) is 50.5 Å². The van der Waals surface area contributed by atoms with Crippen molar-refractivity contribution in [2.45, 2.75) is 63.8 Å². The molecule has 20 heavy (non-hydrogen) atoms. The van der Waals surface area contributed by atoms with Gasteiger partial charge >= 0.3 is 0 Å². The first-order valence-corrected chi connectivity index (χ1v) is 8.89. The third kappa shape index (κ3) is 2.65. The van der Waals surface area contributed by atoms with Crippen LogP contribution < -0.4 is 5.73 Å². The Bertz CT molecular complexity index is 304. The topological polar surface area (TPSA) is 32.5 Å². The van der Waals surface area contributed by atoms with Crippen LogP contribution in [0.25, 0.3) is 0 Å². The van der Waals surface area contributed by atoms with E-state index >= 15 is 0 Å². The Kier molecular flexibility index (Phi) is 4.40. The Hall–Kier alpha value is -0.120. The molecule has 3 aliphatic rings. The highest BCUT2D eigenvalue weighted by Crippen LogP contribution is 2.52. The summed E-state index contributed by atoms with van der Waals surface area (Å²) in [6.07, 6.45) is 11.5. The molecule has 0 bridgehead atoms. The van der Waals surface area contributed by atoms with E-state index in [4.69, 9.17) is 5.73 Å². The van der Waals surface area contributed by atoms with E-state index in [9.17, 15) is 0 Å². The number of rotatable bonds is 3. The van der Waals surface area contributed by atoms with Crippen molar-refractivity contribution in [1.82, 2.24) is 9.80 Å². The lowest BCUT2D eigenvalue weighted by Gasteiger charge is -2.52. The standard InChI is InChI=1S/C17H33N3/c1-2-19-11-13-20(14-12-19)17(15-18)9-7-16(8-10-17)5-3-4-6-16/h2-15,18H2,1H3. The summed E-state index contributed by atoms with van der Waals surface area (Å²) >= 11 is 0. The molecule has 2 saturated carbocycles. The maximum atomic E-state index is 6.27. The van der Waals surface area contributed by atoms with Gasteiger partial charge in [0, 0.05) is 38.3 Å². The number of likely N-dealkylation sites (N-methyl/N-ethyl adjacent to an activating group) is 1. The van der Waals surface area contributed by atoms with Crippen LogP contribution in [0.5, 0.6) is 0 Å². The predicted octanol–water partition coefficient (Wildman–Crippen LogP) is 2.46. The molecular formula is C17H33N3. The molecular weight excluding hydrogens is 246 g/mol. The summed E-state index contributed by atoms with van der Waals surface area (Å²) in [6.45, 7) is 9.30. The fourth-order valence-corrected chi connectivity index (χ4v) is 5.06. The first-order valence-electron chi connectivity index (χ1n) is 8.89. The van der Waals surface area contributed by atoms with Gasteiger partial charge in [-0.2, -0.15) is 0 Å². The fourth-order valence-electron chi connectivity index (χ4n) is 5.06. The number of hydrogen-bond acceptors (Lipinski definition) is 3. The summed E-state index contributed by atoms with van der Waals surface area (Å²) in [6, 6.07) is 0. The zero-order chi connectivity index (χ0) is 14.1. The van der Waals surface area contributed by atoms with Gasteiger partial charge in [-0.3, -0.25) is 4.90 Å². The van der Waals surface area contributed by atoms with Gasteiger partial charge in [0.25, 0.3) is 0 Å². The second-order valence-electron chi connectivity index (χ2n) is 7.56. The zero-order valence-corrected chi connectivity index (χ0v) is 13.4. The molecule has 3 fully saturated rings. The smallest absolute Gasteiger partial charge is 0.0333 e. The van der Waals surface area contributed by atoms with Crippen molar-refractivity contribution in [1.29, 1.82) is 0 Å². The largest absolute Gasteiger partial charge is 0.329 e. The van der Waals surface area contributed by atoms with E-state index in [0.717, 1.165) is 12.0 Å². The minimum absolute atomic E-state index is 0.341. The first-order chi connectivity index (χ1) is 9.72. The molecule has 1 saturated heterocycles. The zero-order valence-electron chi connectivity index (χ0n) is 13.4. The molecule has 0 amide bonds. The van der Waals surface area contributed by atoms with Crippen molar-refractivity contribution in [2.24, 2.45) is 11.1 Å². The second-order valence-corrected chi connectivity index (χ2v) is 7.56. The molecule has 3 nitrogen and oxygen atoms in total. The average molecular weight is 279 g/mol. The molecule has 116 valence electrons. The highest BCUT2D eigenvalue weighted by Gasteiger charge is 2.46. The molecule has 0 radical (unpaired) electrons. The molecule has 2 N–H and O–H groups in total. The van der Waals surface area contributed by atoms with Crippen LogP contribution in [0, 0.1) is 5.41 Å². The van der Waals surface area contributed by atoms with E-state index in [0.29, 0.717) is 5.54 Å². The summed E-state index contributed by atoms with van der Waals surface area (Å²) in [5, 5.41) is 0. The lowest BCUT2D eigenvalue weighted by atomic mass is 9.65. The maximum Gasteiger partial charge on any atom is 0.0333 e. The summed E-state index contributed by atoms with van der Waals surface area (Å²) in [5.41, 5.74) is 7.34. The van der Waals surface area contributed by atoms with Crippen LogP contribution in [-0.4, -0.2) is 54.6 Å². The van der Waals surface area contributed by atoms with Crippen LogP contribution in [-0.2, 0) is 0 Å². The van der Waals surface area contributed by atoms with Crippen molar-refractivity contribution in [3.8, 4) is 0 Å². The quantitative estimate of drug-likeness (QED) is 0.861. The minimum Gasteiger partial charge on any atom is -0.329 e. The Labute approximate surface area is 124 Å². The maximum absolute atomic E-state index is 6.27. The number of hydrogen-bond donors (Lipinski definition) is 1. The molecule has 0 atom stereocenters. The molecule has 3 rings (SSSR count).